The van der Waals surface area contributed by atoms with Crippen molar-refractivity contribution in [2.24, 2.45) is 0 Å². The summed E-state index contributed by atoms with van der Waals surface area (Å²) < 4.78 is 2.65. The lowest BCUT2D eigenvalue weighted by Crippen LogP contribution is -1.90. The van der Waals surface area contributed by atoms with Crippen LogP contribution in [0.15, 0.2) is 78.9 Å². The lowest BCUT2D eigenvalue weighted by Gasteiger charge is -2.12. The topological polar surface area (TPSA) is 20.2 Å². The minimum atomic E-state index is 0.0485. The van der Waals surface area contributed by atoms with Crippen molar-refractivity contribution in [1.82, 2.24) is 0 Å². The fourth-order valence-corrected chi connectivity index (χ4v) is 4.91. The van der Waals surface area contributed by atoms with Gasteiger partial charge in [-0.3, -0.25) is 0 Å². The predicted octanol–water partition coefficient (Wildman–Crippen LogP) is 6.37. The first-order chi connectivity index (χ1) is 12.4. The molecule has 0 radical (unpaired) electrons. The third-order valence-electron chi connectivity index (χ3n) is 4.86. The molecule has 120 valence electrons. The maximum atomic E-state index is 9.80. The molecule has 0 aliphatic carbocycles. The van der Waals surface area contributed by atoms with Gasteiger partial charge < -0.3 is 5.11 Å². The van der Waals surface area contributed by atoms with E-state index in [0.717, 1.165) is 11.1 Å². The van der Waals surface area contributed by atoms with Crippen molar-refractivity contribution in [2.75, 3.05) is 0 Å². The second-order valence-corrected chi connectivity index (χ2v) is 7.31. The van der Waals surface area contributed by atoms with Crippen LogP contribution in [0.1, 0.15) is 5.56 Å². The highest BCUT2D eigenvalue weighted by molar-refractivity contribution is 7.26. The van der Waals surface area contributed by atoms with Crippen LogP contribution in [0.5, 0.6) is 0 Å². The van der Waals surface area contributed by atoms with Crippen molar-refractivity contribution >= 4 is 42.3 Å². The highest BCUT2D eigenvalue weighted by Gasteiger charge is 2.14. The van der Waals surface area contributed by atoms with Gasteiger partial charge in [0, 0.05) is 25.6 Å². The molecular weight excluding hydrogens is 324 g/mol. The largest absolute Gasteiger partial charge is 0.392 e. The van der Waals surface area contributed by atoms with E-state index in [0.29, 0.717) is 0 Å². The van der Waals surface area contributed by atoms with Gasteiger partial charge >= 0.3 is 0 Å². The van der Waals surface area contributed by atoms with Crippen molar-refractivity contribution < 1.29 is 5.11 Å². The molecule has 1 nitrogen and oxygen atoms in total. The minimum Gasteiger partial charge on any atom is -0.392 e. The van der Waals surface area contributed by atoms with Gasteiger partial charge in [-0.1, -0.05) is 66.7 Å². The maximum absolute atomic E-state index is 9.80. The fourth-order valence-electron chi connectivity index (χ4n) is 3.69. The number of hydrogen-bond acceptors (Lipinski definition) is 2. The summed E-state index contributed by atoms with van der Waals surface area (Å²) >= 11 is 1.86. The van der Waals surface area contributed by atoms with Crippen LogP contribution in [-0.2, 0) is 6.61 Å². The SMILES string of the molecule is OCc1ccccc1-c1cc2c3ccccc3sc2c2ccccc12. The number of hydrogen-bond donors (Lipinski definition) is 1. The molecule has 4 aromatic carbocycles. The molecule has 2 heteroatoms. The van der Waals surface area contributed by atoms with E-state index in [-0.39, 0.29) is 6.61 Å². The summed E-state index contributed by atoms with van der Waals surface area (Å²) in [6.07, 6.45) is 0. The first-order valence-electron chi connectivity index (χ1n) is 8.39. The molecule has 0 saturated carbocycles. The highest BCUT2D eigenvalue weighted by atomic mass is 32.1. The Morgan fingerprint density at radius 1 is 0.640 bits per heavy atom. The molecular formula is C23H16OS. The Labute approximate surface area is 149 Å². The zero-order chi connectivity index (χ0) is 16.8. The summed E-state index contributed by atoms with van der Waals surface area (Å²) in [4.78, 5) is 0. The van der Waals surface area contributed by atoms with Gasteiger partial charge in [0.2, 0.25) is 0 Å². The van der Waals surface area contributed by atoms with E-state index in [1.165, 1.54) is 36.5 Å². The molecule has 25 heavy (non-hydrogen) atoms. The molecule has 0 aliphatic rings. The first kappa shape index (κ1) is 14.6. The number of fused-ring (bicyclic) bond motifs is 5. The van der Waals surface area contributed by atoms with Crippen molar-refractivity contribution in [3.63, 3.8) is 0 Å². The number of thiophene rings is 1. The average molecular weight is 340 g/mol. The van der Waals surface area contributed by atoms with Crippen LogP contribution in [0.4, 0.5) is 0 Å². The van der Waals surface area contributed by atoms with Crippen molar-refractivity contribution in [1.29, 1.82) is 0 Å². The molecule has 5 rings (SSSR count). The third kappa shape index (κ3) is 2.19. The van der Waals surface area contributed by atoms with Crippen LogP contribution in [0.2, 0.25) is 0 Å². The second kappa shape index (κ2) is 5.69. The molecule has 0 saturated heterocycles. The first-order valence-corrected chi connectivity index (χ1v) is 9.20. The standard InChI is InChI=1S/C23H16OS/c24-14-15-7-1-2-8-16(15)20-13-21-18-10-5-6-12-22(18)25-23(21)19-11-4-3-9-17(19)20/h1-13,24H,14H2. The van der Waals surface area contributed by atoms with E-state index in [4.69, 9.17) is 0 Å². The van der Waals surface area contributed by atoms with Gasteiger partial charge in [0.05, 0.1) is 6.61 Å². The van der Waals surface area contributed by atoms with Gasteiger partial charge in [-0.15, -0.1) is 11.3 Å². The van der Waals surface area contributed by atoms with Crippen LogP contribution in [-0.4, -0.2) is 5.11 Å². The number of aliphatic hydroxyl groups excluding tert-OH is 1. The quantitative estimate of drug-likeness (QED) is 0.396. The minimum absolute atomic E-state index is 0.0485. The lowest BCUT2D eigenvalue weighted by molar-refractivity contribution is 0.282. The zero-order valence-corrected chi connectivity index (χ0v) is 14.4. The molecule has 0 fully saturated rings. The molecule has 0 atom stereocenters. The van der Waals surface area contributed by atoms with Gasteiger partial charge in [0.25, 0.3) is 0 Å². The van der Waals surface area contributed by atoms with Crippen molar-refractivity contribution in [3.8, 4) is 11.1 Å². The van der Waals surface area contributed by atoms with Crippen molar-refractivity contribution in [3.05, 3.63) is 84.4 Å². The average Bonchev–Trinajstić information content (AvgIpc) is 3.06. The van der Waals surface area contributed by atoms with Gasteiger partial charge in [-0.2, -0.15) is 0 Å². The van der Waals surface area contributed by atoms with Crippen molar-refractivity contribution in [2.45, 2.75) is 6.61 Å². The summed E-state index contributed by atoms with van der Waals surface area (Å²) in [5, 5.41) is 14.9. The highest BCUT2D eigenvalue weighted by Crippen LogP contribution is 2.43. The molecule has 1 heterocycles. The number of rotatable bonds is 2. The molecule has 1 aromatic heterocycles. The van der Waals surface area contributed by atoms with E-state index >= 15 is 0 Å². The molecule has 0 aliphatic heterocycles. The summed E-state index contributed by atoms with van der Waals surface area (Å²) in [7, 11) is 0. The van der Waals surface area contributed by atoms with Crippen LogP contribution >= 0.6 is 11.3 Å². The van der Waals surface area contributed by atoms with E-state index < -0.39 is 0 Å². The molecule has 5 aromatic rings. The Bertz CT molecular complexity index is 1230. The predicted molar refractivity (Wildman–Crippen MR) is 108 cm³/mol. The Kier molecular flexibility index (Phi) is 3.34. The third-order valence-corrected chi connectivity index (χ3v) is 6.08. The summed E-state index contributed by atoms with van der Waals surface area (Å²) in [5.41, 5.74) is 3.27. The monoisotopic (exact) mass is 340 g/mol. The lowest BCUT2D eigenvalue weighted by atomic mass is 9.93. The van der Waals surface area contributed by atoms with Gasteiger partial charge in [0.15, 0.2) is 0 Å². The Morgan fingerprint density at radius 2 is 1.32 bits per heavy atom. The van der Waals surface area contributed by atoms with Gasteiger partial charge in [0.1, 0.15) is 0 Å². The van der Waals surface area contributed by atoms with Crippen LogP contribution in [0, 0.1) is 0 Å². The molecule has 0 unspecified atom stereocenters. The van der Waals surface area contributed by atoms with E-state index in [1.807, 2.05) is 29.5 Å². The molecule has 0 amide bonds. The molecule has 0 spiro atoms. The Balaban J connectivity index is 1.99. The van der Waals surface area contributed by atoms with Gasteiger partial charge in [-0.05, 0) is 34.2 Å². The van der Waals surface area contributed by atoms with Gasteiger partial charge in [-0.25, -0.2) is 0 Å². The van der Waals surface area contributed by atoms with Crippen LogP contribution in [0.3, 0.4) is 0 Å². The smallest absolute Gasteiger partial charge is 0.0687 e. The maximum Gasteiger partial charge on any atom is 0.0687 e. The summed E-state index contributed by atoms with van der Waals surface area (Å²) in [6, 6.07) is 27.6. The second-order valence-electron chi connectivity index (χ2n) is 6.26. The fraction of sp³-hybridized carbons (Fsp3) is 0.0435. The number of benzene rings is 4. The Hall–Kier alpha value is -2.68. The van der Waals surface area contributed by atoms with Crippen LogP contribution < -0.4 is 0 Å². The number of aliphatic hydroxyl groups is 1. The normalized spacial score (nSPS) is 11.6. The Morgan fingerprint density at radius 3 is 2.16 bits per heavy atom. The van der Waals surface area contributed by atoms with E-state index in [1.54, 1.807) is 0 Å². The summed E-state index contributed by atoms with van der Waals surface area (Å²) in [5.74, 6) is 0. The molecule has 0 bridgehead atoms. The molecule has 1 N–H and O–H groups in total. The van der Waals surface area contributed by atoms with E-state index in [2.05, 4.69) is 60.7 Å². The zero-order valence-electron chi connectivity index (χ0n) is 13.6. The van der Waals surface area contributed by atoms with Crippen LogP contribution in [0.25, 0.3) is 42.1 Å². The van der Waals surface area contributed by atoms with E-state index in [9.17, 15) is 5.11 Å². The summed E-state index contributed by atoms with van der Waals surface area (Å²) in [6.45, 7) is 0.0485.